The summed E-state index contributed by atoms with van der Waals surface area (Å²) in [5.74, 6) is 1.89. The zero-order chi connectivity index (χ0) is 20.5. The number of nitrogens with one attached hydrogen (secondary N) is 1. The maximum absolute atomic E-state index is 12.4. The van der Waals surface area contributed by atoms with Gasteiger partial charge in [-0.25, -0.2) is 9.97 Å². The number of anilines is 2. The summed E-state index contributed by atoms with van der Waals surface area (Å²) in [6.07, 6.45) is 1.41. The summed E-state index contributed by atoms with van der Waals surface area (Å²) < 4.78 is 10.7. The van der Waals surface area contributed by atoms with Crippen molar-refractivity contribution in [2.45, 2.75) is 6.92 Å². The van der Waals surface area contributed by atoms with Crippen molar-refractivity contribution in [3.63, 3.8) is 0 Å². The second-order valence-corrected chi connectivity index (χ2v) is 6.12. The summed E-state index contributed by atoms with van der Waals surface area (Å²) in [6, 6.07) is 18.9. The van der Waals surface area contributed by atoms with Gasteiger partial charge in [-0.2, -0.15) is 0 Å². The molecule has 1 aromatic heterocycles. The molecule has 0 fully saturated rings. The standard InChI is InChI=1S/C22H24N4O3/c1-3-26(17-7-5-4-6-8-17)21-15-20(24-16-25-21)22(27)23-13-14-29-19-11-9-18(28-2)10-12-19/h4-12,15-16H,3,13-14H2,1-2H3,(H,23,27). The summed E-state index contributed by atoms with van der Waals surface area (Å²) in [6.45, 7) is 3.46. The normalized spacial score (nSPS) is 10.3. The molecular weight excluding hydrogens is 368 g/mol. The third kappa shape index (κ3) is 5.44. The maximum atomic E-state index is 12.4. The number of rotatable bonds is 9. The summed E-state index contributed by atoms with van der Waals surface area (Å²) in [4.78, 5) is 22.9. The molecule has 7 nitrogen and oxygen atoms in total. The van der Waals surface area contributed by atoms with Gasteiger partial charge < -0.3 is 19.7 Å². The first-order valence-electron chi connectivity index (χ1n) is 9.41. The van der Waals surface area contributed by atoms with Crippen LogP contribution in [0.5, 0.6) is 11.5 Å². The fourth-order valence-electron chi connectivity index (χ4n) is 2.80. The smallest absolute Gasteiger partial charge is 0.270 e. The molecule has 0 aliphatic heterocycles. The summed E-state index contributed by atoms with van der Waals surface area (Å²) in [7, 11) is 1.61. The van der Waals surface area contributed by atoms with Crippen LogP contribution in [0, 0.1) is 0 Å². The van der Waals surface area contributed by atoms with Crippen LogP contribution in [0.25, 0.3) is 0 Å². The Labute approximate surface area is 170 Å². The highest BCUT2D eigenvalue weighted by Crippen LogP contribution is 2.22. The van der Waals surface area contributed by atoms with Crippen LogP contribution in [0.15, 0.2) is 67.0 Å². The molecule has 0 aliphatic carbocycles. The zero-order valence-corrected chi connectivity index (χ0v) is 16.5. The van der Waals surface area contributed by atoms with E-state index in [1.54, 1.807) is 13.2 Å². The highest BCUT2D eigenvalue weighted by Gasteiger charge is 2.13. The number of aromatic nitrogens is 2. The molecular formula is C22H24N4O3. The van der Waals surface area contributed by atoms with Gasteiger partial charge in [0.15, 0.2) is 0 Å². The van der Waals surface area contributed by atoms with Crippen LogP contribution in [-0.4, -0.2) is 42.7 Å². The Hall–Kier alpha value is -3.61. The number of methoxy groups -OCH3 is 1. The van der Waals surface area contributed by atoms with Gasteiger partial charge >= 0.3 is 0 Å². The number of amides is 1. The Bertz CT molecular complexity index is 917. The molecule has 1 heterocycles. The Balaban J connectivity index is 1.56. The molecule has 7 heteroatoms. The minimum atomic E-state index is -0.268. The molecule has 0 saturated carbocycles. The van der Waals surface area contributed by atoms with Crippen LogP contribution >= 0.6 is 0 Å². The molecule has 0 saturated heterocycles. The molecule has 1 amide bonds. The van der Waals surface area contributed by atoms with Crippen LogP contribution in [-0.2, 0) is 0 Å². The van der Waals surface area contributed by atoms with E-state index in [4.69, 9.17) is 9.47 Å². The lowest BCUT2D eigenvalue weighted by Crippen LogP contribution is -2.29. The van der Waals surface area contributed by atoms with Gasteiger partial charge in [0.05, 0.1) is 13.7 Å². The molecule has 0 radical (unpaired) electrons. The molecule has 0 spiro atoms. The first kappa shape index (κ1) is 20.1. The molecule has 3 rings (SSSR count). The van der Waals surface area contributed by atoms with E-state index in [0.29, 0.717) is 30.4 Å². The van der Waals surface area contributed by atoms with Crippen molar-refractivity contribution >= 4 is 17.4 Å². The van der Waals surface area contributed by atoms with Crippen LogP contribution < -0.4 is 19.7 Å². The van der Waals surface area contributed by atoms with Gasteiger partial charge in [0.1, 0.15) is 35.9 Å². The van der Waals surface area contributed by atoms with E-state index >= 15 is 0 Å². The van der Waals surface area contributed by atoms with Gasteiger partial charge in [0.25, 0.3) is 5.91 Å². The molecule has 29 heavy (non-hydrogen) atoms. The lowest BCUT2D eigenvalue weighted by Gasteiger charge is -2.22. The maximum Gasteiger partial charge on any atom is 0.270 e. The predicted octanol–water partition coefficient (Wildman–Crippen LogP) is 3.45. The van der Waals surface area contributed by atoms with Crippen molar-refractivity contribution in [2.24, 2.45) is 0 Å². The van der Waals surface area contributed by atoms with E-state index in [-0.39, 0.29) is 5.91 Å². The van der Waals surface area contributed by atoms with Crippen molar-refractivity contribution in [2.75, 3.05) is 31.7 Å². The van der Waals surface area contributed by atoms with Gasteiger partial charge in [0.2, 0.25) is 0 Å². The zero-order valence-electron chi connectivity index (χ0n) is 16.5. The highest BCUT2D eigenvalue weighted by atomic mass is 16.5. The van der Waals surface area contributed by atoms with Gasteiger partial charge in [-0.3, -0.25) is 4.79 Å². The summed E-state index contributed by atoms with van der Waals surface area (Å²) in [5.41, 5.74) is 1.32. The van der Waals surface area contributed by atoms with Crippen LogP contribution in [0.3, 0.4) is 0 Å². The number of ether oxygens (including phenoxy) is 2. The molecule has 3 aromatic rings. The first-order chi connectivity index (χ1) is 14.2. The van der Waals surface area contributed by atoms with Crippen LogP contribution in [0.4, 0.5) is 11.5 Å². The molecule has 1 N–H and O–H groups in total. The number of carbonyl (C=O) groups excluding carboxylic acids is 1. The number of carbonyl (C=O) groups is 1. The fraction of sp³-hybridized carbons (Fsp3) is 0.227. The Morgan fingerprint density at radius 3 is 2.45 bits per heavy atom. The SMILES string of the molecule is CCN(c1ccccc1)c1cc(C(=O)NCCOc2ccc(OC)cc2)ncn1. The number of nitrogens with zero attached hydrogens (tertiary/aromatic N) is 3. The minimum absolute atomic E-state index is 0.268. The molecule has 0 bridgehead atoms. The number of hydrogen-bond donors (Lipinski definition) is 1. The average Bonchev–Trinajstić information content (AvgIpc) is 2.78. The second kappa shape index (κ2) is 10.1. The third-order valence-corrected chi connectivity index (χ3v) is 4.26. The van der Waals surface area contributed by atoms with E-state index in [1.165, 1.54) is 6.33 Å². The van der Waals surface area contributed by atoms with E-state index in [0.717, 1.165) is 18.0 Å². The van der Waals surface area contributed by atoms with Crippen molar-refractivity contribution in [1.82, 2.24) is 15.3 Å². The lowest BCUT2D eigenvalue weighted by molar-refractivity contribution is 0.0942. The summed E-state index contributed by atoms with van der Waals surface area (Å²) in [5, 5.41) is 2.82. The number of hydrogen-bond acceptors (Lipinski definition) is 6. The summed E-state index contributed by atoms with van der Waals surface area (Å²) >= 11 is 0. The molecule has 2 aromatic carbocycles. The van der Waals surface area contributed by atoms with Gasteiger partial charge in [-0.15, -0.1) is 0 Å². The molecule has 150 valence electrons. The predicted molar refractivity (Wildman–Crippen MR) is 112 cm³/mol. The van der Waals surface area contributed by atoms with Crippen LogP contribution in [0.1, 0.15) is 17.4 Å². The highest BCUT2D eigenvalue weighted by molar-refractivity contribution is 5.93. The lowest BCUT2D eigenvalue weighted by atomic mass is 10.2. The average molecular weight is 392 g/mol. The van der Waals surface area contributed by atoms with Gasteiger partial charge in [-0.05, 0) is 43.3 Å². The van der Waals surface area contributed by atoms with Crippen molar-refractivity contribution in [3.8, 4) is 11.5 Å². The molecule has 0 aliphatic rings. The van der Waals surface area contributed by atoms with E-state index in [9.17, 15) is 4.79 Å². The molecule has 0 unspecified atom stereocenters. The Morgan fingerprint density at radius 1 is 1.03 bits per heavy atom. The van der Waals surface area contributed by atoms with Gasteiger partial charge in [0, 0.05) is 18.3 Å². The topological polar surface area (TPSA) is 76.6 Å². The number of benzene rings is 2. The van der Waals surface area contributed by atoms with E-state index < -0.39 is 0 Å². The second-order valence-electron chi connectivity index (χ2n) is 6.12. The number of para-hydroxylation sites is 1. The first-order valence-corrected chi connectivity index (χ1v) is 9.41. The monoisotopic (exact) mass is 392 g/mol. The quantitative estimate of drug-likeness (QED) is 0.562. The van der Waals surface area contributed by atoms with E-state index in [2.05, 4.69) is 15.3 Å². The van der Waals surface area contributed by atoms with Crippen LogP contribution in [0.2, 0.25) is 0 Å². The van der Waals surface area contributed by atoms with Crippen molar-refractivity contribution in [1.29, 1.82) is 0 Å². The minimum Gasteiger partial charge on any atom is -0.497 e. The fourth-order valence-corrected chi connectivity index (χ4v) is 2.80. The molecule has 0 atom stereocenters. The third-order valence-electron chi connectivity index (χ3n) is 4.26. The van der Waals surface area contributed by atoms with E-state index in [1.807, 2.05) is 66.4 Å². The Morgan fingerprint density at radius 2 is 1.76 bits per heavy atom. The largest absolute Gasteiger partial charge is 0.497 e. The Kier molecular flexibility index (Phi) is 7.00. The van der Waals surface area contributed by atoms with Crippen molar-refractivity contribution in [3.05, 3.63) is 72.7 Å². The van der Waals surface area contributed by atoms with Crippen molar-refractivity contribution < 1.29 is 14.3 Å². The van der Waals surface area contributed by atoms with Gasteiger partial charge in [-0.1, -0.05) is 18.2 Å².